The summed E-state index contributed by atoms with van der Waals surface area (Å²) in [6.07, 6.45) is 3.42. The van der Waals surface area contributed by atoms with E-state index in [1.807, 2.05) is 6.92 Å². The molecule has 2 rings (SSSR count). The molecule has 0 saturated heterocycles. The maximum absolute atomic E-state index is 9.00. The standard InChI is InChI=1S/C11H17N7O/c1-8(7-19)6-13-10-15-9(12-2)16-11(17-10)18-5-3-4-14-18/h3-5,8,19H,6-7H2,1-2H3,(H2,12,13,15,16,17). The normalized spacial score (nSPS) is 12.2. The number of aliphatic hydroxyl groups is 1. The van der Waals surface area contributed by atoms with Gasteiger partial charge in [-0.05, 0) is 12.0 Å². The van der Waals surface area contributed by atoms with Gasteiger partial charge in [-0.2, -0.15) is 20.1 Å². The highest BCUT2D eigenvalue weighted by Crippen LogP contribution is 2.08. The molecule has 8 heteroatoms. The lowest BCUT2D eigenvalue weighted by atomic mass is 10.2. The number of hydrogen-bond donors (Lipinski definition) is 3. The first kappa shape index (κ1) is 13.2. The van der Waals surface area contributed by atoms with Gasteiger partial charge in [0.25, 0.3) is 5.95 Å². The quantitative estimate of drug-likeness (QED) is 0.681. The lowest BCUT2D eigenvalue weighted by molar-refractivity contribution is 0.244. The van der Waals surface area contributed by atoms with Crippen LogP contribution in [0, 0.1) is 5.92 Å². The summed E-state index contributed by atoms with van der Waals surface area (Å²) in [5.41, 5.74) is 0. The Kier molecular flexibility index (Phi) is 4.24. The minimum Gasteiger partial charge on any atom is -0.396 e. The second-order valence-electron chi connectivity index (χ2n) is 4.15. The monoisotopic (exact) mass is 263 g/mol. The summed E-state index contributed by atoms with van der Waals surface area (Å²) in [4.78, 5) is 12.7. The highest BCUT2D eigenvalue weighted by molar-refractivity contribution is 5.37. The van der Waals surface area contributed by atoms with Crippen LogP contribution in [-0.2, 0) is 0 Å². The smallest absolute Gasteiger partial charge is 0.257 e. The molecule has 0 aliphatic rings. The van der Waals surface area contributed by atoms with Gasteiger partial charge in [0.1, 0.15) is 0 Å². The molecule has 0 aliphatic heterocycles. The maximum Gasteiger partial charge on any atom is 0.257 e. The van der Waals surface area contributed by atoms with Crippen LogP contribution in [0.3, 0.4) is 0 Å². The van der Waals surface area contributed by atoms with E-state index in [0.29, 0.717) is 24.4 Å². The van der Waals surface area contributed by atoms with E-state index in [-0.39, 0.29) is 12.5 Å². The molecule has 0 spiro atoms. The van der Waals surface area contributed by atoms with Gasteiger partial charge in [0, 0.05) is 32.6 Å². The summed E-state index contributed by atoms with van der Waals surface area (Å²) < 4.78 is 1.56. The van der Waals surface area contributed by atoms with Crippen molar-refractivity contribution in [3.63, 3.8) is 0 Å². The van der Waals surface area contributed by atoms with Crippen molar-refractivity contribution in [3.8, 4) is 5.95 Å². The van der Waals surface area contributed by atoms with Crippen LogP contribution in [0.15, 0.2) is 18.5 Å². The number of hydrogen-bond acceptors (Lipinski definition) is 7. The van der Waals surface area contributed by atoms with Crippen molar-refractivity contribution in [2.24, 2.45) is 5.92 Å². The van der Waals surface area contributed by atoms with Crippen molar-refractivity contribution in [2.75, 3.05) is 30.8 Å². The van der Waals surface area contributed by atoms with Crippen molar-refractivity contribution >= 4 is 11.9 Å². The highest BCUT2D eigenvalue weighted by atomic mass is 16.3. The Balaban J connectivity index is 2.21. The number of aromatic nitrogens is 5. The van der Waals surface area contributed by atoms with Gasteiger partial charge < -0.3 is 15.7 Å². The third kappa shape index (κ3) is 3.38. The maximum atomic E-state index is 9.00. The van der Waals surface area contributed by atoms with E-state index >= 15 is 0 Å². The zero-order valence-corrected chi connectivity index (χ0v) is 10.9. The van der Waals surface area contributed by atoms with Gasteiger partial charge in [0.05, 0.1) is 0 Å². The highest BCUT2D eigenvalue weighted by Gasteiger charge is 2.08. The number of anilines is 2. The van der Waals surface area contributed by atoms with Crippen LogP contribution in [0.1, 0.15) is 6.92 Å². The minimum absolute atomic E-state index is 0.114. The third-order valence-electron chi connectivity index (χ3n) is 2.48. The van der Waals surface area contributed by atoms with E-state index in [9.17, 15) is 0 Å². The average molecular weight is 263 g/mol. The zero-order chi connectivity index (χ0) is 13.7. The third-order valence-corrected chi connectivity index (χ3v) is 2.48. The van der Waals surface area contributed by atoms with E-state index in [0.717, 1.165) is 0 Å². The van der Waals surface area contributed by atoms with Gasteiger partial charge in [0.15, 0.2) is 0 Å². The molecular weight excluding hydrogens is 246 g/mol. The Morgan fingerprint density at radius 2 is 2.11 bits per heavy atom. The molecule has 0 aliphatic carbocycles. The summed E-state index contributed by atoms with van der Waals surface area (Å²) in [6, 6.07) is 1.80. The lowest BCUT2D eigenvalue weighted by Gasteiger charge is -2.11. The fourth-order valence-electron chi connectivity index (χ4n) is 1.38. The molecule has 2 aromatic rings. The molecule has 0 bridgehead atoms. The Hall–Kier alpha value is -2.22. The fraction of sp³-hybridized carbons (Fsp3) is 0.455. The second kappa shape index (κ2) is 6.10. The van der Waals surface area contributed by atoms with Gasteiger partial charge >= 0.3 is 0 Å². The van der Waals surface area contributed by atoms with Crippen LogP contribution in [0.25, 0.3) is 5.95 Å². The largest absolute Gasteiger partial charge is 0.396 e. The molecule has 1 unspecified atom stereocenters. The topological polar surface area (TPSA) is 101 Å². The molecule has 0 radical (unpaired) electrons. The Labute approximate surface area is 110 Å². The van der Waals surface area contributed by atoms with Gasteiger partial charge in [0.2, 0.25) is 11.9 Å². The molecule has 1 atom stereocenters. The Morgan fingerprint density at radius 3 is 2.74 bits per heavy atom. The first-order valence-corrected chi connectivity index (χ1v) is 6.01. The zero-order valence-electron chi connectivity index (χ0n) is 10.9. The molecule has 2 heterocycles. The molecule has 0 amide bonds. The van der Waals surface area contributed by atoms with Crippen LogP contribution < -0.4 is 10.6 Å². The average Bonchev–Trinajstić information content (AvgIpc) is 2.98. The van der Waals surface area contributed by atoms with Crippen molar-refractivity contribution in [3.05, 3.63) is 18.5 Å². The van der Waals surface area contributed by atoms with E-state index in [1.165, 1.54) is 0 Å². The van der Waals surface area contributed by atoms with Crippen LogP contribution >= 0.6 is 0 Å². The van der Waals surface area contributed by atoms with Gasteiger partial charge in [-0.1, -0.05) is 6.92 Å². The predicted molar refractivity (Wildman–Crippen MR) is 71.2 cm³/mol. The SMILES string of the molecule is CNc1nc(NCC(C)CO)nc(-n2cccn2)n1. The number of aliphatic hydroxyl groups excluding tert-OH is 1. The first-order chi connectivity index (χ1) is 9.22. The molecule has 102 valence electrons. The fourth-order valence-corrected chi connectivity index (χ4v) is 1.38. The van der Waals surface area contributed by atoms with Crippen molar-refractivity contribution in [1.29, 1.82) is 0 Å². The van der Waals surface area contributed by atoms with E-state index in [4.69, 9.17) is 5.11 Å². The minimum atomic E-state index is 0.114. The van der Waals surface area contributed by atoms with Crippen LogP contribution in [0.4, 0.5) is 11.9 Å². The second-order valence-corrected chi connectivity index (χ2v) is 4.15. The summed E-state index contributed by atoms with van der Waals surface area (Å²) in [5.74, 6) is 1.47. The molecule has 2 aromatic heterocycles. The summed E-state index contributed by atoms with van der Waals surface area (Å²) in [5, 5.41) is 19.0. The van der Waals surface area contributed by atoms with Crippen molar-refractivity contribution in [1.82, 2.24) is 24.7 Å². The Bertz CT molecular complexity index is 514. The molecule has 0 fully saturated rings. The van der Waals surface area contributed by atoms with E-state index < -0.39 is 0 Å². The molecule has 0 saturated carbocycles. The molecule has 19 heavy (non-hydrogen) atoms. The molecule has 0 aromatic carbocycles. The van der Waals surface area contributed by atoms with Crippen LogP contribution in [-0.4, -0.2) is 50.0 Å². The number of nitrogens with one attached hydrogen (secondary N) is 2. The number of rotatable bonds is 6. The lowest BCUT2D eigenvalue weighted by Crippen LogP contribution is -2.18. The van der Waals surface area contributed by atoms with Gasteiger partial charge in [-0.25, -0.2) is 4.68 Å². The first-order valence-electron chi connectivity index (χ1n) is 6.01. The Morgan fingerprint density at radius 1 is 1.32 bits per heavy atom. The van der Waals surface area contributed by atoms with Crippen molar-refractivity contribution in [2.45, 2.75) is 6.92 Å². The van der Waals surface area contributed by atoms with Gasteiger partial charge in [-0.15, -0.1) is 0 Å². The predicted octanol–water partition coefficient (Wildman–Crippen LogP) is 0.139. The van der Waals surface area contributed by atoms with Gasteiger partial charge in [-0.3, -0.25) is 0 Å². The molecular formula is C11H17N7O. The van der Waals surface area contributed by atoms with Crippen LogP contribution in [0.5, 0.6) is 0 Å². The summed E-state index contributed by atoms with van der Waals surface area (Å²) in [6.45, 7) is 2.63. The molecule has 8 nitrogen and oxygen atoms in total. The number of nitrogens with zero attached hydrogens (tertiary/aromatic N) is 5. The summed E-state index contributed by atoms with van der Waals surface area (Å²) in [7, 11) is 1.74. The van der Waals surface area contributed by atoms with E-state index in [1.54, 1.807) is 30.2 Å². The van der Waals surface area contributed by atoms with E-state index in [2.05, 4.69) is 30.7 Å². The molecule has 3 N–H and O–H groups in total. The van der Waals surface area contributed by atoms with Crippen LogP contribution in [0.2, 0.25) is 0 Å². The summed E-state index contributed by atoms with van der Waals surface area (Å²) >= 11 is 0. The van der Waals surface area contributed by atoms with Crippen molar-refractivity contribution < 1.29 is 5.11 Å².